The first-order valence-corrected chi connectivity index (χ1v) is 6.75. The molecule has 3 aromatic rings. The quantitative estimate of drug-likeness (QED) is 0.772. The van der Waals surface area contributed by atoms with E-state index in [1.165, 1.54) is 12.3 Å². The van der Waals surface area contributed by atoms with Crippen LogP contribution in [0.25, 0.3) is 11.0 Å². The van der Waals surface area contributed by atoms with Gasteiger partial charge in [0.15, 0.2) is 0 Å². The zero-order valence-electron chi connectivity index (χ0n) is 11.9. The third-order valence-electron chi connectivity index (χ3n) is 3.26. The number of hydrogen-bond donors (Lipinski definition) is 2. The van der Waals surface area contributed by atoms with Gasteiger partial charge < -0.3 is 10.3 Å². The monoisotopic (exact) mass is 291 g/mol. The lowest BCUT2D eigenvalue weighted by Crippen LogP contribution is -2.22. The molecule has 6 heteroatoms. The molecule has 1 amide bonds. The number of imidazole rings is 1. The molecule has 0 unspecified atom stereocenters. The van der Waals surface area contributed by atoms with Crippen molar-refractivity contribution in [2.75, 3.05) is 0 Å². The van der Waals surface area contributed by atoms with E-state index in [1.54, 1.807) is 6.07 Å². The van der Waals surface area contributed by atoms with Gasteiger partial charge in [0, 0.05) is 12.7 Å². The maximum Gasteiger partial charge on any atom is 0.253 e. The Morgan fingerprint density at radius 3 is 2.95 bits per heavy atom. The summed E-state index contributed by atoms with van der Waals surface area (Å²) >= 11 is 0. The molecule has 0 saturated heterocycles. The number of nitrogens with one attached hydrogen (secondary N) is 2. The van der Waals surface area contributed by atoms with Crippen molar-refractivity contribution in [2.45, 2.75) is 13.5 Å². The molecule has 0 aliphatic rings. The number of hydrogen-bond acceptors (Lipinski definition) is 4. The van der Waals surface area contributed by atoms with Crippen LogP contribution in [0.1, 0.15) is 27.4 Å². The van der Waals surface area contributed by atoms with Crippen molar-refractivity contribution in [3.8, 4) is 6.07 Å². The van der Waals surface area contributed by atoms with Gasteiger partial charge in [-0.1, -0.05) is 6.07 Å². The highest BCUT2D eigenvalue weighted by atomic mass is 16.1. The average molecular weight is 291 g/mol. The summed E-state index contributed by atoms with van der Waals surface area (Å²) < 4.78 is 0. The highest BCUT2D eigenvalue weighted by Gasteiger charge is 2.07. The number of amides is 1. The van der Waals surface area contributed by atoms with Gasteiger partial charge in [0.1, 0.15) is 17.6 Å². The number of H-pyrrole nitrogens is 1. The second kappa shape index (κ2) is 5.66. The van der Waals surface area contributed by atoms with Crippen LogP contribution in [0, 0.1) is 18.3 Å². The van der Waals surface area contributed by atoms with Crippen LogP contribution in [0.4, 0.5) is 0 Å². The predicted octanol–water partition coefficient (Wildman–Crippen LogP) is 2.07. The number of pyridine rings is 1. The third kappa shape index (κ3) is 2.79. The molecule has 6 nitrogen and oxygen atoms in total. The zero-order valence-corrected chi connectivity index (χ0v) is 11.9. The van der Waals surface area contributed by atoms with E-state index in [0.29, 0.717) is 12.1 Å². The number of aromatic amines is 1. The van der Waals surface area contributed by atoms with E-state index in [-0.39, 0.29) is 11.6 Å². The van der Waals surface area contributed by atoms with Crippen LogP contribution in [0.15, 0.2) is 36.5 Å². The number of benzene rings is 1. The first kappa shape index (κ1) is 13.8. The van der Waals surface area contributed by atoms with Gasteiger partial charge in [0.2, 0.25) is 0 Å². The Morgan fingerprint density at radius 1 is 1.36 bits per heavy atom. The maximum absolute atomic E-state index is 12.0. The lowest BCUT2D eigenvalue weighted by Gasteiger charge is -2.05. The van der Waals surface area contributed by atoms with Gasteiger partial charge in [-0.05, 0) is 36.8 Å². The highest BCUT2D eigenvalue weighted by molar-refractivity contribution is 5.93. The van der Waals surface area contributed by atoms with Gasteiger partial charge in [-0.15, -0.1) is 0 Å². The van der Waals surface area contributed by atoms with Crippen molar-refractivity contribution in [3.63, 3.8) is 0 Å². The number of aromatic nitrogens is 3. The molecule has 108 valence electrons. The zero-order chi connectivity index (χ0) is 15.5. The van der Waals surface area contributed by atoms with Crippen molar-refractivity contribution in [1.82, 2.24) is 20.3 Å². The fourth-order valence-electron chi connectivity index (χ4n) is 2.17. The first-order valence-electron chi connectivity index (χ1n) is 6.75. The Kier molecular flexibility index (Phi) is 3.54. The van der Waals surface area contributed by atoms with Crippen molar-refractivity contribution in [1.29, 1.82) is 5.26 Å². The molecule has 2 heterocycles. The first-order chi connectivity index (χ1) is 10.7. The molecule has 2 aromatic heterocycles. The lowest BCUT2D eigenvalue weighted by molar-refractivity contribution is 0.0950. The van der Waals surface area contributed by atoms with Crippen LogP contribution >= 0.6 is 0 Å². The van der Waals surface area contributed by atoms with E-state index in [1.807, 2.05) is 31.2 Å². The molecule has 2 N–H and O–H groups in total. The average Bonchev–Trinajstić information content (AvgIpc) is 2.92. The van der Waals surface area contributed by atoms with Crippen LogP contribution in [-0.2, 0) is 6.54 Å². The smallest absolute Gasteiger partial charge is 0.253 e. The van der Waals surface area contributed by atoms with E-state index < -0.39 is 0 Å². The van der Waals surface area contributed by atoms with E-state index >= 15 is 0 Å². The largest absolute Gasteiger partial charge is 0.348 e. The van der Waals surface area contributed by atoms with Crippen molar-refractivity contribution in [2.24, 2.45) is 0 Å². The van der Waals surface area contributed by atoms with Gasteiger partial charge in [-0.25, -0.2) is 9.97 Å². The summed E-state index contributed by atoms with van der Waals surface area (Å²) in [6.07, 6.45) is 1.40. The van der Waals surface area contributed by atoms with Gasteiger partial charge in [-0.2, -0.15) is 5.26 Å². The summed E-state index contributed by atoms with van der Waals surface area (Å²) in [5.41, 5.74) is 3.55. The number of fused-ring (bicyclic) bond motifs is 1. The molecule has 0 radical (unpaired) electrons. The minimum Gasteiger partial charge on any atom is -0.348 e. The summed E-state index contributed by atoms with van der Waals surface area (Å²) in [5.74, 6) is 0.637. The molecule has 0 saturated carbocycles. The van der Waals surface area contributed by atoms with Gasteiger partial charge >= 0.3 is 0 Å². The van der Waals surface area contributed by atoms with Crippen LogP contribution in [-0.4, -0.2) is 20.9 Å². The van der Waals surface area contributed by atoms with Crippen molar-refractivity contribution in [3.05, 3.63) is 59.2 Å². The molecule has 22 heavy (non-hydrogen) atoms. The maximum atomic E-state index is 12.0. The SMILES string of the molecule is Cc1nc2ccc(CNC(=O)c3ccc(C#N)nc3)cc2[nH]1. The van der Waals surface area contributed by atoms with Crippen molar-refractivity contribution < 1.29 is 4.79 Å². The van der Waals surface area contributed by atoms with Gasteiger partial charge in [0.25, 0.3) is 5.91 Å². The molecule has 0 aliphatic heterocycles. The number of rotatable bonds is 3. The Bertz CT molecular complexity index is 874. The second-order valence-corrected chi connectivity index (χ2v) is 4.90. The number of carbonyl (C=O) groups is 1. The number of nitriles is 1. The minimum absolute atomic E-state index is 0.224. The number of carbonyl (C=O) groups excluding carboxylic acids is 1. The lowest BCUT2D eigenvalue weighted by atomic mass is 10.2. The highest BCUT2D eigenvalue weighted by Crippen LogP contribution is 2.13. The molecule has 1 aromatic carbocycles. The Labute approximate surface area is 126 Å². The van der Waals surface area contributed by atoms with Gasteiger partial charge in [0.05, 0.1) is 16.6 Å². The summed E-state index contributed by atoms with van der Waals surface area (Å²) in [6.45, 7) is 2.31. The summed E-state index contributed by atoms with van der Waals surface area (Å²) in [7, 11) is 0. The normalized spacial score (nSPS) is 10.4. The number of aryl methyl sites for hydroxylation is 1. The summed E-state index contributed by atoms with van der Waals surface area (Å²) in [6, 6.07) is 10.8. The molecular weight excluding hydrogens is 278 g/mol. The molecule has 3 rings (SSSR count). The Hall–Kier alpha value is -3.20. The summed E-state index contributed by atoms with van der Waals surface area (Å²) in [5, 5.41) is 11.5. The molecule has 0 atom stereocenters. The number of nitrogens with zero attached hydrogens (tertiary/aromatic N) is 3. The third-order valence-corrected chi connectivity index (χ3v) is 3.26. The van der Waals surface area contributed by atoms with Crippen LogP contribution in [0.5, 0.6) is 0 Å². The predicted molar refractivity (Wildman–Crippen MR) is 81.0 cm³/mol. The minimum atomic E-state index is -0.224. The van der Waals surface area contributed by atoms with E-state index in [4.69, 9.17) is 5.26 Å². The van der Waals surface area contributed by atoms with E-state index in [0.717, 1.165) is 22.4 Å². The van der Waals surface area contributed by atoms with Gasteiger partial charge in [-0.3, -0.25) is 4.79 Å². The molecule has 0 spiro atoms. The Balaban J connectivity index is 1.69. The summed E-state index contributed by atoms with van der Waals surface area (Å²) in [4.78, 5) is 23.4. The van der Waals surface area contributed by atoms with Crippen LogP contribution in [0.3, 0.4) is 0 Å². The second-order valence-electron chi connectivity index (χ2n) is 4.90. The molecule has 0 aliphatic carbocycles. The fourth-order valence-corrected chi connectivity index (χ4v) is 2.17. The topological polar surface area (TPSA) is 94.5 Å². The standard InChI is InChI=1S/C16H13N5O/c1-10-20-14-5-2-11(6-15(14)21-10)8-19-16(22)12-3-4-13(7-17)18-9-12/h2-6,9H,8H2,1H3,(H,19,22)(H,20,21). The Morgan fingerprint density at radius 2 is 2.23 bits per heavy atom. The van der Waals surface area contributed by atoms with Crippen molar-refractivity contribution >= 4 is 16.9 Å². The van der Waals surface area contributed by atoms with E-state index in [9.17, 15) is 4.79 Å². The fraction of sp³-hybridized carbons (Fsp3) is 0.125. The molecular formula is C16H13N5O. The molecule has 0 fully saturated rings. The van der Waals surface area contributed by atoms with E-state index in [2.05, 4.69) is 20.3 Å². The van der Waals surface area contributed by atoms with Crippen LogP contribution < -0.4 is 5.32 Å². The van der Waals surface area contributed by atoms with Crippen LogP contribution in [0.2, 0.25) is 0 Å². The molecule has 0 bridgehead atoms.